The number of halogens is 1. The average molecular weight is 343 g/mol. The summed E-state index contributed by atoms with van der Waals surface area (Å²) in [5, 5.41) is 8.85. The molecular weight excluding hydrogens is 328 g/mol. The van der Waals surface area contributed by atoms with Crippen molar-refractivity contribution in [2.24, 2.45) is 5.92 Å². The Labute approximate surface area is 122 Å². The van der Waals surface area contributed by atoms with Crippen LogP contribution < -0.4 is 0 Å². The minimum atomic E-state index is -3.45. The summed E-state index contributed by atoms with van der Waals surface area (Å²) in [6.45, 7) is 2.64. The summed E-state index contributed by atoms with van der Waals surface area (Å²) >= 11 is 3.31. The van der Waals surface area contributed by atoms with Crippen molar-refractivity contribution in [1.29, 1.82) is 5.26 Å². The number of hydrogen-bond donors (Lipinski definition) is 0. The van der Waals surface area contributed by atoms with Gasteiger partial charge in [-0.2, -0.15) is 9.57 Å². The van der Waals surface area contributed by atoms with Crippen molar-refractivity contribution in [3.8, 4) is 6.07 Å². The molecule has 102 valence electrons. The number of piperidine rings is 1. The van der Waals surface area contributed by atoms with Crippen LogP contribution in [0.4, 0.5) is 0 Å². The summed E-state index contributed by atoms with van der Waals surface area (Å²) in [4.78, 5) is 0.345. The largest absolute Gasteiger partial charge is 0.243 e. The molecule has 1 fully saturated rings. The molecule has 1 aliphatic heterocycles. The molecule has 0 radical (unpaired) electrons. The molecule has 0 bridgehead atoms. The number of rotatable bonds is 2. The number of aryl methyl sites for hydroxylation is 1. The van der Waals surface area contributed by atoms with Gasteiger partial charge in [0.1, 0.15) is 0 Å². The number of nitrogens with zero attached hydrogens (tertiary/aromatic N) is 2. The lowest BCUT2D eigenvalue weighted by Crippen LogP contribution is -2.38. The van der Waals surface area contributed by atoms with Gasteiger partial charge in [0.25, 0.3) is 0 Å². The van der Waals surface area contributed by atoms with Gasteiger partial charge >= 0.3 is 0 Å². The van der Waals surface area contributed by atoms with Crippen molar-refractivity contribution >= 4 is 26.0 Å². The predicted octanol–water partition coefficient (Wildman–Crippen LogP) is 2.68. The third-order valence-corrected chi connectivity index (χ3v) is 5.94. The standard InChI is InChI=1S/C13H15BrN2O2S/c1-10-2-3-12(14)8-13(10)19(17,18)16-6-4-11(9-15)5-7-16/h2-3,8,11H,4-7H2,1H3. The van der Waals surface area contributed by atoms with E-state index in [1.807, 2.05) is 6.07 Å². The zero-order chi connectivity index (χ0) is 14.0. The van der Waals surface area contributed by atoms with Gasteiger partial charge < -0.3 is 0 Å². The van der Waals surface area contributed by atoms with E-state index in [0.29, 0.717) is 30.8 Å². The van der Waals surface area contributed by atoms with Gasteiger partial charge in [-0.05, 0) is 37.5 Å². The van der Waals surface area contributed by atoms with Crippen molar-refractivity contribution in [2.45, 2.75) is 24.7 Å². The summed E-state index contributed by atoms with van der Waals surface area (Å²) < 4.78 is 27.4. The topological polar surface area (TPSA) is 61.2 Å². The fraction of sp³-hybridized carbons (Fsp3) is 0.462. The van der Waals surface area contributed by atoms with Gasteiger partial charge in [0.2, 0.25) is 10.0 Å². The molecule has 0 N–H and O–H groups in total. The summed E-state index contributed by atoms with van der Waals surface area (Å²) in [5.74, 6) is -0.0185. The number of sulfonamides is 1. The molecule has 19 heavy (non-hydrogen) atoms. The van der Waals surface area contributed by atoms with E-state index >= 15 is 0 Å². The number of hydrogen-bond acceptors (Lipinski definition) is 3. The Kier molecular flexibility index (Phi) is 4.29. The first-order chi connectivity index (χ1) is 8.95. The lowest BCUT2D eigenvalue weighted by molar-refractivity contribution is 0.310. The Morgan fingerprint density at radius 3 is 2.58 bits per heavy atom. The van der Waals surface area contributed by atoms with Crippen LogP contribution in [0, 0.1) is 24.2 Å². The molecule has 1 aromatic rings. The molecule has 0 saturated carbocycles. The molecule has 1 saturated heterocycles. The third kappa shape index (κ3) is 2.99. The van der Waals surface area contributed by atoms with Crippen molar-refractivity contribution < 1.29 is 8.42 Å². The second kappa shape index (κ2) is 5.61. The van der Waals surface area contributed by atoms with Gasteiger partial charge in [0, 0.05) is 23.5 Å². The summed E-state index contributed by atoms with van der Waals surface area (Å²) in [6.07, 6.45) is 1.23. The number of nitriles is 1. The minimum Gasteiger partial charge on any atom is -0.207 e. The van der Waals surface area contributed by atoms with Crippen LogP contribution in [0.25, 0.3) is 0 Å². The fourth-order valence-corrected chi connectivity index (χ4v) is 4.45. The Morgan fingerprint density at radius 2 is 2.00 bits per heavy atom. The van der Waals surface area contributed by atoms with Crippen LogP contribution in [0.15, 0.2) is 27.6 Å². The van der Waals surface area contributed by atoms with E-state index in [9.17, 15) is 8.42 Å². The van der Waals surface area contributed by atoms with Crippen molar-refractivity contribution in [2.75, 3.05) is 13.1 Å². The first-order valence-electron chi connectivity index (χ1n) is 6.11. The molecule has 1 aromatic carbocycles. The van der Waals surface area contributed by atoms with E-state index < -0.39 is 10.0 Å². The molecule has 0 aromatic heterocycles. The van der Waals surface area contributed by atoms with Gasteiger partial charge in [-0.25, -0.2) is 8.42 Å². The predicted molar refractivity (Wildman–Crippen MR) is 76.0 cm³/mol. The zero-order valence-electron chi connectivity index (χ0n) is 10.6. The SMILES string of the molecule is Cc1ccc(Br)cc1S(=O)(=O)N1CCC(C#N)CC1. The van der Waals surface area contributed by atoms with Gasteiger partial charge in [0.15, 0.2) is 0 Å². The maximum atomic E-state index is 12.6. The molecule has 0 amide bonds. The monoisotopic (exact) mass is 342 g/mol. The first kappa shape index (κ1) is 14.5. The molecule has 1 aliphatic rings. The molecule has 4 nitrogen and oxygen atoms in total. The highest BCUT2D eigenvalue weighted by Gasteiger charge is 2.30. The van der Waals surface area contributed by atoms with E-state index in [1.54, 1.807) is 19.1 Å². The second-order valence-electron chi connectivity index (χ2n) is 4.72. The quantitative estimate of drug-likeness (QED) is 0.829. The minimum absolute atomic E-state index is 0.0185. The molecule has 1 heterocycles. The molecule has 0 atom stereocenters. The normalized spacial score (nSPS) is 18.2. The van der Waals surface area contributed by atoms with Gasteiger partial charge in [-0.1, -0.05) is 22.0 Å². The maximum Gasteiger partial charge on any atom is 0.243 e. The molecule has 0 aliphatic carbocycles. The van der Waals surface area contributed by atoms with Crippen molar-refractivity contribution in [3.05, 3.63) is 28.2 Å². The van der Waals surface area contributed by atoms with Gasteiger partial charge in [0.05, 0.1) is 11.0 Å². The van der Waals surface area contributed by atoms with Crippen LogP contribution in [-0.2, 0) is 10.0 Å². The van der Waals surface area contributed by atoms with E-state index in [0.717, 1.165) is 10.0 Å². The van der Waals surface area contributed by atoms with Crippen LogP contribution in [-0.4, -0.2) is 25.8 Å². The third-order valence-electron chi connectivity index (χ3n) is 3.40. The summed E-state index contributed by atoms with van der Waals surface area (Å²) in [5.41, 5.74) is 0.741. The smallest absolute Gasteiger partial charge is 0.207 e. The fourth-order valence-electron chi connectivity index (χ4n) is 2.22. The maximum absolute atomic E-state index is 12.6. The molecule has 0 unspecified atom stereocenters. The van der Waals surface area contributed by atoms with Crippen molar-refractivity contribution in [1.82, 2.24) is 4.31 Å². The molecule has 6 heteroatoms. The zero-order valence-corrected chi connectivity index (χ0v) is 13.0. The Hall–Kier alpha value is -0.900. The van der Waals surface area contributed by atoms with E-state index in [4.69, 9.17) is 5.26 Å². The lowest BCUT2D eigenvalue weighted by atomic mass is 10.0. The lowest BCUT2D eigenvalue weighted by Gasteiger charge is -2.28. The van der Waals surface area contributed by atoms with Crippen LogP contribution in [0.2, 0.25) is 0 Å². The van der Waals surface area contributed by atoms with E-state index in [2.05, 4.69) is 22.0 Å². The average Bonchev–Trinajstić information content (AvgIpc) is 2.41. The van der Waals surface area contributed by atoms with Crippen LogP contribution in [0.1, 0.15) is 18.4 Å². The van der Waals surface area contributed by atoms with Gasteiger partial charge in [-0.15, -0.1) is 0 Å². The Morgan fingerprint density at radius 1 is 1.37 bits per heavy atom. The molecule has 0 spiro atoms. The molecule has 2 rings (SSSR count). The van der Waals surface area contributed by atoms with Crippen LogP contribution >= 0.6 is 15.9 Å². The second-order valence-corrected chi connectivity index (χ2v) is 7.54. The van der Waals surface area contributed by atoms with Gasteiger partial charge in [-0.3, -0.25) is 0 Å². The Balaban J connectivity index is 2.29. The molecular formula is C13H15BrN2O2S. The highest BCUT2D eigenvalue weighted by Crippen LogP contribution is 2.27. The summed E-state index contributed by atoms with van der Waals surface area (Å²) in [6, 6.07) is 7.47. The van der Waals surface area contributed by atoms with Crippen molar-refractivity contribution in [3.63, 3.8) is 0 Å². The summed E-state index contributed by atoms with van der Waals surface area (Å²) in [7, 11) is -3.45. The highest BCUT2D eigenvalue weighted by molar-refractivity contribution is 9.10. The Bertz CT molecular complexity index is 614. The van der Waals surface area contributed by atoms with Crippen LogP contribution in [0.5, 0.6) is 0 Å². The van der Waals surface area contributed by atoms with E-state index in [1.165, 1.54) is 4.31 Å². The van der Waals surface area contributed by atoms with Crippen LogP contribution in [0.3, 0.4) is 0 Å². The highest BCUT2D eigenvalue weighted by atomic mass is 79.9. The van der Waals surface area contributed by atoms with E-state index in [-0.39, 0.29) is 5.92 Å². The number of benzene rings is 1. The first-order valence-corrected chi connectivity index (χ1v) is 8.34.